The lowest BCUT2D eigenvalue weighted by atomic mass is 10.1. The molecule has 22 heavy (non-hydrogen) atoms. The second-order valence-electron chi connectivity index (χ2n) is 5.26. The number of carbonyl (C=O) groups excluding carboxylic acids is 1. The van der Waals surface area contributed by atoms with Gasteiger partial charge in [0.2, 0.25) is 0 Å². The van der Waals surface area contributed by atoms with Crippen molar-refractivity contribution in [2.45, 2.75) is 32.0 Å². The zero-order valence-corrected chi connectivity index (χ0v) is 12.4. The van der Waals surface area contributed by atoms with Crippen molar-refractivity contribution in [1.82, 2.24) is 4.90 Å². The number of morpholine rings is 1. The molecule has 6 heteroatoms. The number of benzene rings is 1. The molecule has 120 valence electrons. The highest BCUT2D eigenvalue weighted by Gasteiger charge is 2.25. The van der Waals surface area contributed by atoms with E-state index in [1.165, 1.54) is 0 Å². The number of hydrogen-bond acceptors (Lipinski definition) is 4. The molecule has 1 atom stereocenters. The molecule has 1 aromatic rings. The van der Waals surface area contributed by atoms with E-state index in [0.29, 0.717) is 32.5 Å². The Balaban J connectivity index is 1.73. The van der Waals surface area contributed by atoms with Crippen LogP contribution < -0.4 is 0 Å². The Morgan fingerprint density at radius 1 is 1.32 bits per heavy atom. The molecule has 0 spiro atoms. The number of carboxylic acids is 1. The summed E-state index contributed by atoms with van der Waals surface area (Å²) in [6.07, 6.45) is 0.841. The number of aliphatic carboxylic acids is 1. The van der Waals surface area contributed by atoms with Crippen molar-refractivity contribution < 1.29 is 24.2 Å². The lowest BCUT2D eigenvalue weighted by Gasteiger charge is -2.32. The third-order valence-electron chi connectivity index (χ3n) is 3.52. The van der Waals surface area contributed by atoms with Crippen molar-refractivity contribution in [2.75, 3.05) is 19.7 Å². The van der Waals surface area contributed by atoms with Crippen LogP contribution in [0.25, 0.3) is 0 Å². The molecule has 1 aromatic carbocycles. The van der Waals surface area contributed by atoms with Gasteiger partial charge in [-0.05, 0) is 18.4 Å². The van der Waals surface area contributed by atoms with E-state index >= 15 is 0 Å². The quantitative estimate of drug-likeness (QED) is 0.872. The van der Waals surface area contributed by atoms with Crippen molar-refractivity contribution in [1.29, 1.82) is 0 Å². The van der Waals surface area contributed by atoms with Gasteiger partial charge in [-0.3, -0.25) is 4.79 Å². The van der Waals surface area contributed by atoms with Gasteiger partial charge in [-0.1, -0.05) is 30.3 Å². The fourth-order valence-electron chi connectivity index (χ4n) is 2.35. The monoisotopic (exact) mass is 307 g/mol. The topological polar surface area (TPSA) is 76.1 Å². The van der Waals surface area contributed by atoms with Gasteiger partial charge in [-0.25, -0.2) is 4.79 Å². The number of carboxylic acid groups (broad SMARTS) is 1. The number of nitrogens with zero attached hydrogens (tertiary/aromatic N) is 1. The minimum atomic E-state index is -0.810. The molecule has 1 aliphatic rings. The summed E-state index contributed by atoms with van der Waals surface area (Å²) in [5.41, 5.74) is 0.946. The molecule has 1 heterocycles. The van der Waals surface area contributed by atoms with E-state index in [-0.39, 0.29) is 25.2 Å². The van der Waals surface area contributed by atoms with Crippen LogP contribution in [-0.4, -0.2) is 47.9 Å². The minimum absolute atomic E-state index is 0.114. The standard InChI is InChI=1S/C16H21NO5/c18-15(19)8-4-7-14-11-17(9-10-21-14)16(20)22-12-13-5-2-1-3-6-13/h1-3,5-6,14H,4,7-12H2,(H,18,19). The van der Waals surface area contributed by atoms with Crippen molar-refractivity contribution >= 4 is 12.1 Å². The molecule has 0 aliphatic carbocycles. The van der Waals surface area contributed by atoms with Crippen LogP contribution in [0.1, 0.15) is 24.8 Å². The molecule has 1 N–H and O–H groups in total. The third-order valence-corrected chi connectivity index (χ3v) is 3.52. The number of ether oxygens (including phenoxy) is 2. The van der Waals surface area contributed by atoms with E-state index in [0.717, 1.165) is 5.56 Å². The van der Waals surface area contributed by atoms with E-state index in [4.69, 9.17) is 14.6 Å². The van der Waals surface area contributed by atoms with Crippen LogP contribution in [0.5, 0.6) is 0 Å². The molecule has 2 rings (SSSR count). The maximum atomic E-state index is 12.1. The number of hydrogen-bond donors (Lipinski definition) is 1. The summed E-state index contributed by atoms with van der Waals surface area (Å²) >= 11 is 0. The molecule has 1 fully saturated rings. The predicted octanol–water partition coefficient (Wildman–Crippen LogP) is 2.28. The van der Waals surface area contributed by atoms with Crippen LogP contribution in [0.2, 0.25) is 0 Å². The summed E-state index contributed by atoms with van der Waals surface area (Å²) < 4.78 is 10.9. The van der Waals surface area contributed by atoms with Gasteiger partial charge in [-0.2, -0.15) is 0 Å². The van der Waals surface area contributed by atoms with Gasteiger partial charge in [-0.15, -0.1) is 0 Å². The average Bonchev–Trinajstić information content (AvgIpc) is 2.53. The lowest BCUT2D eigenvalue weighted by Crippen LogP contribution is -2.45. The van der Waals surface area contributed by atoms with Crippen LogP contribution in [0.4, 0.5) is 4.79 Å². The molecular formula is C16H21NO5. The third kappa shape index (κ3) is 5.37. The fourth-order valence-corrected chi connectivity index (χ4v) is 2.35. The van der Waals surface area contributed by atoms with Crippen LogP contribution in [0.3, 0.4) is 0 Å². The molecule has 1 unspecified atom stereocenters. The summed E-state index contributed by atoms with van der Waals surface area (Å²) in [5.74, 6) is -0.810. The molecule has 0 aromatic heterocycles. The Morgan fingerprint density at radius 2 is 2.09 bits per heavy atom. The van der Waals surface area contributed by atoms with E-state index < -0.39 is 5.97 Å². The number of rotatable bonds is 6. The first-order valence-corrected chi connectivity index (χ1v) is 7.44. The first kappa shape index (κ1) is 16.3. The molecule has 6 nitrogen and oxygen atoms in total. The summed E-state index contributed by atoms with van der Waals surface area (Å²) in [6.45, 7) is 1.66. The summed E-state index contributed by atoms with van der Waals surface area (Å²) in [7, 11) is 0. The smallest absolute Gasteiger partial charge is 0.410 e. The Kier molecular flexibility index (Phi) is 6.21. The Bertz CT molecular complexity index is 491. The molecule has 0 bridgehead atoms. The summed E-state index contributed by atoms with van der Waals surface area (Å²) in [5, 5.41) is 8.64. The summed E-state index contributed by atoms with van der Waals surface area (Å²) in [4.78, 5) is 24.2. The maximum absolute atomic E-state index is 12.1. The molecule has 1 aliphatic heterocycles. The van der Waals surface area contributed by atoms with Crippen LogP contribution in [0.15, 0.2) is 30.3 Å². The zero-order valence-electron chi connectivity index (χ0n) is 12.4. The second-order valence-corrected chi connectivity index (χ2v) is 5.26. The van der Waals surface area contributed by atoms with Gasteiger partial charge in [0, 0.05) is 13.0 Å². The largest absolute Gasteiger partial charge is 0.481 e. The van der Waals surface area contributed by atoms with Gasteiger partial charge < -0.3 is 19.5 Å². The van der Waals surface area contributed by atoms with Gasteiger partial charge in [0.05, 0.1) is 19.3 Å². The highest BCUT2D eigenvalue weighted by molar-refractivity contribution is 5.68. The van der Waals surface area contributed by atoms with Gasteiger partial charge in [0.15, 0.2) is 0 Å². The number of carbonyl (C=O) groups is 2. The maximum Gasteiger partial charge on any atom is 0.410 e. The van der Waals surface area contributed by atoms with Crippen LogP contribution >= 0.6 is 0 Å². The minimum Gasteiger partial charge on any atom is -0.481 e. The van der Waals surface area contributed by atoms with Crippen molar-refractivity contribution in [2.24, 2.45) is 0 Å². The highest BCUT2D eigenvalue weighted by atomic mass is 16.6. The van der Waals surface area contributed by atoms with Crippen molar-refractivity contribution in [3.8, 4) is 0 Å². The van der Waals surface area contributed by atoms with Crippen molar-refractivity contribution in [3.05, 3.63) is 35.9 Å². The lowest BCUT2D eigenvalue weighted by molar-refractivity contribution is -0.137. The normalized spacial score (nSPS) is 18.0. The Morgan fingerprint density at radius 3 is 2.82 bits per heavy atom. The fraction of sp³-hybridized carbons (Fsp3) is 0.500. The Labute approximate surface area is 129 Å². The van der Waals surface area contributed by atoms with E-state index in [2.05, 4.69) is 0 Å². The van der Waals surface area contributed by atoms with Gasteiger partial charge >= 0.3 is 12.1 Å². The summed E-state index contributed by atoms with van der Waals surface area (Å²) in [6, 6.07) is 9.52. The van der Waals surface area contributed by atoms with Crippen LogP contribution in [0, 0.1) is 0 Å². The van der Waals surface area contributed by atoms with E-state index in [9.17, 15) is 9.59 Å². The Hall–Kier alpha value is -2.08. The molecule has 0 saturated carbocycles. The van der Waals surface area contributed by atoms with E-state index in [1.54, 1.807) is 4.90 Å². The highest BCUT2D eigenvalue weighted by Crippen LogP contribution is 2.13. The molecular weight excluding hydrogens is 286 g/mol. The van der Waals surface area contributed by atoms with Gasteiger partial charge in [0.25, 0.3) is 0 Å². The average molecular weight is 307 g/mol. The van der Waals surface area contributed by atoms with Gasteiger partial charge in [0.1, 0.15) is 6.61 Å². The van der Waals surface area contributed by atoms with Crippen LogP contribution in [-0.2, 0) is 20.9 Å². The zero-order chi connectivity index (χ0) is 15.8. The number of amides is 1. The van der Waals surface area contributed by atoms with E-state index in [1.807, 2.05) is 30.3 Å². The first-order valence-electron chi connectivity index (χ1n) is 7.44. The molecule has 1 saturated heterocycles. The molecule has 1 amide bonds. The SMILES string of the molecule is O=C(O)CCCC1CN(C(=O)OCc2ccccc2)CCO1. The predicted molar refractivity (Wildman–Crippen MR) is 79.4 cm³/mol. The molecule has 0 radical (unpaired) electrons. The second kappa shape index (κ2) is 8.38. The van der Waals surface area contributed by atoms with Crippen molar-refractivity contribution in [3.63, 3.8) is 0 Å². The first-order chi connectivity index (χ1) is 10.6.